The van der Waals surface area contributed by atoms with Crippen LogP contribution in [0.25, 0.3) is 21.2 Å². The number of rotatable bonds is 4. The van der Waals surface area contributed by atoms with E-state index in [4.69, 9.17) is 13.9 Å². The highest BCUT2D eigenvalue weighted by atomic mass is 32.2. The predicted octanol–water partition coefficient (Wildman–Crippen LogP) is 4.57. The van der Waals surface area contributed by atoms with Gasteiger partial charge >= 0.3 is 0 Å². The van der Waals surface area contributed by atoms with Crippen molar-refractivity contribution in [2.45, 2.75) is 9.43 Å². The Morgan fingerprint density at radius 3 is 2.72 bits per heavy atom. The maximum Gasteiger partial charge on any atom is 0.197 e. The lowest BCUT2D eigenvalue weighted by Gasteiger charge is -2.08. The van der Waals surface area contributed by atoms with Crippen molar-refractivity contribution in [3.05, 3.63) is 52.7 Å². The van der Waals surface area contributed by atoms with Gasteiger partial charge in [-0.25, -0.2) is 4.98 Å². The van der Waals surface area contributed by atoms with Crippen LogP contribution in [-0.2, 0) is 0 Å². The van der Waals surface area contributed by atoms with Crippen LogP contribution in [0.5, 0.6) is 11.5 Å². The lowest BCUT2D eigenvalue weighted by molar-refractivity contribution is 0.394. The van der Waals surface area contributed by atoms with Gasteiger partial charge in [-0.3, -0.25) is 4.79 Å². The molecule has 0 aliphatic rings. The van der Waals surface area contributed by atoms with Crippen LogP contribution in [0, 0.1) is 0 Å². The average molecular weight is 371 g/mol. The maximum absolute atomic E-state index is 12.5. The van der Waals surface area contributed by atoms with Crippen LogP contribution in [0.2, 0.25) is 0 Å². The molecule has 2 aromatic heterocycles. The van der Waals surface area contributed by atoms with Gasteiger partial charge in [0.05, 0.1) is 24.4 Å². The van der Waals surface area contributed by atoms with Crippen LogP contribution < -0.4 is 14.9 Å². The Labute approximate surface area is 151 Å². The molecule has 4 rings (SSSR count). The molecule has 0 radical (unpaired) electrons. The number of methoxy groups -OCH3 is 2. The number of thiazole rings is 1. The van der Waals surface area contributed by atoms with E-state index in [9.17, 15) is 4.79 Å². The molecule has 0 atom stereocenters. The smallest absolute Gasteiger partial charge is 0.197 e. The van der Waals surface area contributed by atoms with Gasteiger partial charge in [0, 0.05) is 18.2 Å². The minimum atomic E-state index is -0.163. The van der Waals surface area contributed by atoms with E-state index >= 15 is 0 Å². The molecular weight excluding hydrogens is 358 g/mol. The molecule has 0 fully saturated rings. The number of fused-ring (bicyclic) bond motifs is 2. The molecule has 25 heavy (non-hydrogen) atoms. The number of aromatic nitrogens is 1. The highest BCUT2D eigenvalue weighted by molar-refractivity contribution is 8.01. The zero-order chi connectivity index (χ0) is 17.4. The average Bonchev–Trinajstić information content (AvgIpc) is 3.02. The first-order valence-electron chi connectivity index (χ1n) is 7.41. The van der Waals surface area contributed by atoms with Gasteiger partial charge in [-0.05, 0) is 23.9 Å². The fourth-order valence-electron chi connectivity index (χ4n) is 2.52. The van der Waals surface area contributed by atoms with E-state index in [2.05, 4.69) is 4.98 Å². The monoisotopic (exact) mass is 371 g/mol. The second kappa shape index (κ2) is 6.42. The third-order valence-electron chi connectivity index (χ3n) is 3.66. The summed E-state index contributed by atoms with van der Waals surface area (Å²) in [5, 5.41) is 0.879. The van der Waals surface area contributed by atoms with Crippen LogP contribution >= 0.6 is 23.1 Å². The van der Waals surface area contributed by atoms with Gasteiger partial charge in [0.1, 0.15) is 22.5 Å². The standard InChI is InChI=1S/C18H13NO4S2/c1-21-10-7-13(22-2)17-12(20)9-16(23-14(17)8-10)25-18-19-11-5-3-4-6-15(11)24-18/h3-9H,1-2H3. The first kappa shape index (κ1) is 16.0. The Kier molecular flexibility index (Phi) is 4.10. The SMILES string of the molecule is COc1cc(OC)c2c(=O)cc(Sc3nc4ccccc4s3)oc2c1. The maximum atomic E-state index is 12.5. The van der Waals surface area contributed by atoms with Crippen molar-refractivity contribution in [2.24, 2.45) is 0 Å². The van der Waals surface area contributed by atoms with Crippen molar-refractivity contribution in [1.29, 1.82) is 0 Å². The number of hydrogen-bond donors (Lipinski definition) is 0. The van der Waals surface area contributed by atoms with Gasteiger partial charge in [0.2, 0.25) is 0 Å². The molecule has 0 spiro atoms. The summed E-state index contributed by atoms with van der Waals surface area (Å²) in [7, 11) is 3.07. The molecule has 0 aliphatic carbocycles. The first-order chi connectivity index (χ1) is 12.2. The minimum absolute atomic E-state index is 0.163. The number of nitrogens with zero attached hydrogens (tertiary/aromatic N) is 1. The molecular formula is C18H13NO4S2. The third kappa shape index (κ3) is 2.96. The first-order valence-corrected chi connectivity index (χ1v) is 9.04. The van der Waals surface area contributed by atoms with E-state index in [1.54, 1.807) is 30.6 Å². The molecule has 0 aliphatic heterocycles. The van der Waals surface area contributed by atoms with Crippen molar-refractivity contribution in [3.63, 3.8) is 0 Å². The van der Waals surface area contributed by atoms with Crippen molar-refractivity contribution in [1.82, 2.24) is 4.98 Å². The Morgan fingerprint density at radius 2 is 1.96 bits per heavy atom. The molecule has 126 valence electrons. The highest BCUT2D eigenvalue weighted by Crippen LogP contribution is 2.36. The van der Waals surface area contributed by atoms with E-state index in [1.165, 1.54) is 24.9 Å². The van der Waals surface area contributed by atoms with Crippen molar-refractivity contribution in [2.75, 3.05) is 14.2 Å². The van der Waals surface area contributed by atoms with E-state index in [1.807, 2.05) is 24.3 Å². The van der Waals surface area contributed by atoms with Crippen LogP contribution in [0.3, 0.4) is 0 Å². The molecule has 0 N–H and O–H groups in total. The summed E-state index contributed by atoms with van der Waals surface area (Å²) in [6, 6.07) is 12.7. The highest BCUT2D eigenvalue weighted by Gasteiger charge is 2.14. The van der Waals surface area contributed by atoms with Crippen LogP contribution in [0.15, 0.2) is 61.1 Å². The van der Waals surface area contributed by atoms with Gasteiger partial charge in [0.25, 0.3) is 0 Å². The van der Waals surface area contributed by atoms with E-state index in [0.717, 1.165) is 14.6 Å². The van der Waals surface area contributed by atoms with Gasteiger partial charge in [-0.2, -0.15) is 0 Å². The zero-order valence-corrected chi connectivity index (χ0v) is 15.1. The lowest BCUT2D eigenvalue weighted by atomic mass is 10.2. The van der Waals surface area contributed by atoms with E-state index < -0.39 is 0 Å². The second-order valence-electron chi connectivity index (χ2n) is 5.18. The fourth-order valence-corrected chi connectivity index (χ4v) is 4.51. The summed E-state index contributed by atoms with van der Waals surface area (Å²) < 4.78 is 18.3. The largest absolute Gasteiger partial charge is 0.496 e. The summed E-state index contributed by atoms with van der Waals surface area (Å²) in [5.41, 5.74) is 1.19. The van der Waals surface area contributed by atoms with Gasteiger partial charge in [-0.1, -0.05) is 12.1 Å². The fraction of sp³-hybridized carbons (Fsp3) is 0.111. The Hall–Kier alpha value is -2.51. The van der Waals surface area contributed by atoms with Crippen molar-refractivity contribution in [3.8, 4) is 11.5 Å². The molecule has 7 heteroatoms. The van der Waals surface area contributed by atoms with Gasteiger partial charge < -0.3 is 13.9 Å². The summed E-state index contributed by atoms with van der Waals surface area (Å²) in [6.45, 7) is 0. The summed E-state index contributed by atoms with van der Waals surface area (Å²) in [6.07, 6.45) is 0. The van der Waals surface area contributed by atoms with E-state index in [0.29, 0.717) is 27.6 Å². The summed E-state index contributed by atoms with van der Waals surface area (Å²) in [5.74, 6) is 0.995. The Balaban J connectivity index is 1.81. The zero-order valence-electron chi connectivity index (χ0n) is 13.4. The molecule has 2 heterocycles. The van der Waals surface area contributed by atoms with Crippen molar-refractivity contribution < 1.29 is 13.9 Å². The summed E-state index contributed by atoms with van der Waals surface area (Å²) >= 11 is 2.89. The molecule has 0 bridgehead atoms. The van der Waals surface area contributed by atoms with Crippen LogP contribution in [0.4, 0.5) is 0 Å². The Bertz CT molecular complexity index is 1100. The quantitative estimate of drug-likeness (QED) is 0.524. The van der Waals surface area contributed by atoms with Crippen LogP contribution in [0.1, 0.15) is 0 Å². The molecule has 5 nitrogen and oxygen atoms in total. The summed E-state index contributed by atoms with van der Waals surface area (Å²) in [4.78, 5) is 17.1. The molecule has 0 unspecified atom stereocenters. The van der Waals surface area contributed by atoms with E-state index in [-0.39, 0.29) is 5.43 Å². The molecule has 0 amide bonds. The topological polar surface area (TPSA) is 61.6 Å². The lowest BCUT2D eigenvalue weighted by Crippen LogP contribution is -2.03. The second-order valence-corrected chi connectivity index (χ2v) is 7.46. The Morgan fingerprint density at radius 1 is 1.12 bits per heavy atom. The van der Waals surface area contributed by atoms with Gasteiger partial charge in [0.15, 0.2) is 14.9 Å². The predicted molar refractivity (Wildman–Crippen MR) is 99.3 cm³/mol. The van der Waals surface area contributed by atoms with Gasteiger partial charge in [-0.15, -0.1) is 11.3 Å². The number of hydrogen-bond acceptors (Lipinski definition) is 7. The van der Waals surface area contributed by atoms with Crippen molar-refractivity contribution >= 4 is 44.3 Å². The molecule has 4 aromatic rings. The molecule has 0 saturated carbocycles. The number of ether oxygens (including phenoxy) is 2. The minimum Gasteiger partial charge on any atom is -0.496 e. The molecule has 2 aromatic carbocycles. The van der Waals surface area contributed by atoms with Crippen LogP contribution in [-0.4, -0.2) is 19.2 Å². The number of benzene rings is 2. The third-order valence-corrected chi connectivity index (χ3v) is 5.66. The molecule has 0 saturated heterocycles. The number of para-hydroxylation sites is 1. The normalized spacial score (nSPS) is 11.1.